The number of hydrogen-bond acceptors (Lipinski definition) is 3. The van der Waals surface area contributed by atoms with Gasteiger partial charge in [-0.2, -0.15) is 0 Å². The quantitative estimate of drug-likeness (QED) is 0.477. The molecule has 0 atom stereocenters. The molecule has 0 bridgehead atoms. The summed E-state index contributed by atoms with van der Waals surface area (Å²) in [6, 6.07) is 6.35. The van der Waals surface area contributed by atoms with Crippen LogP contribution in [0.4, 0.5) is 0 Å². The number of hydrogen-bond donors (Lipinski definition) is 3. The van der Waals surface area contributed by atoms with Gasteiger partial charge in [0.1, 0.15) is 5.75 Å². The van der Waals surface area contributed by atoms with E-state index in [9.17, 15) is 14.7 Å². The zero-order chi connectivity index (χ0) is 11.8. The Balaban J connectivity index is 2.36. The fraction of sp³-hybridized carbons (Fsp3) is 0.273. The lowest BCUT2D eigenvalue weighted by Crippen LogP contribution is -2.27. The molecule has 0 heterocycles. The third-order valence-corrected chi connectivity index (χ3v) is 2.02. The van der Waals surface area contributed by atoms with Gasteiger partial charge in [-0.25, -0.2) is 0 Å². The highest BCUT2D eigenvalue weighted by Crippen LogP contribution is 2.14. The molecule has 0 aromatic heterocycles. The van der Waals surface area contributed by atoms with Gasteiger partial charge in [0, 0.05) is 13.1 Å². The first kappa shape index (κ1) is 12.0. The summed E-state index contributed by atoms with van der Waals surface area (Å²) in [5.41, 5.74) is 0.255. The molecule has 0 aliphatic rings. The van der Waals surface area contributed by atoms with Crippen molar-refractivity contribution in [1.29, 1.82) is 0 Å². The van der Waals surface area contributed by atoms with Crippen LogP contribution in [0.15, 0.2) is 24.3 Å². The van der Waals surface area contributed by atoms with Gasteiger partial charge in [0.2, 0.25) is 6.41 Å². The Hall–Kier alpha value is -2.04. The number of para-hydroxylation sites is 1. The van der Waals surface area contributed by atoms with Crippen molar-refractivity contribution in [3.05, 3.63) is 29.8 Å². The fourth-order valence-electron chi connectivity index (χ4n) is 1.21. The summed E-state index contributed by atoms with van der Waals surface area (Å²) in [7, 11) is 0. The zero-order valence-corrected chi connectivity index (χ0v) is 8.77. The molecular weight excluding hydrogens is 208 g/mol. The number of phenols is 1. The summed E-state index contributed by atoms with van der Waals surface area (Å²) >= 11 is 0. The highest BCUT2D eigenvalue weighted by Gasteiger charge is 2.08. The molecule has 0 saturated heterocycles. The molecule has 2 amide bonds. The van der Waals surface area contributed by atoms with E-state index in [-0.39, 0.29) is 17.2 Å². The Labute approximate surface area is 93.5 Å². The Kier molecular flexibility index (Phi) is 4.85. The minimum atomic E-state index is -0.316. The van der Waals surface area contributed by atoms with Crippen LogP contribution in [0.25, 0.3) is 0 Å². The largest absolute Gasteiger partial charge is 0.507 e. The summed E-state index contributed by atoms with van der Waals surface area (Å²) in [5, 5.41) is 14.5. The van der Waals surface area contributed by atoms with Crippen molar-refractivity contribution in [2.75, 3.05) is 13.1 Å². The Morgan fingerprint density at radius 1 is 1.31 bits per heavy atom. The number of phenolic OH excluding ortho intramolecular Hbond substituents is 1. The van der Waals surface area contributed by atoms with Crippen LogP contribution in [0.3, 0.4) is 0 Å². The van der Waals surface area contributed by atoms with Crippen molar-refractivity contribution in [2.45, 2.75) is 6.42 Å². The molecule has 5 heteroatoms. The Morgan fingerprint density at radius 2 is 2.06 bits per heavy atom. The molecule has 1 aromatic rings. The van der Waals surface area contributed by atoms with Crippen LogP contribution < -0.4 is 10.6 Å². The number of amides is 2. The van der Waals surface area contributed by atoms with E-state index in [2.05, 4.69) is 10.6 Å². The van der Waals surface area contributed by atoms with E-state index < -0.39 is 0 Å². The third kappa shape index (κ3) is 3.61. The molecule has 0 spiro atoms. The zero-order valence-electron chi connectivity index (χ0n) is 8.77. The van der Waals surface area contributed by atoms with E-state index in [0.717, 1.165) is 0 Å². The van der Waals surface area contributed by atoms with E-state index >= 15 is 0 Å². The van der Waals surface area contributed by atoms with Crippen LogP contribution in [0, 0.1) is 0 Å². The normalized spacial score (nSPS) is 9.50. The van der Waals surface area contributed by atoms with Gasteiger partial charge in [0.25, 0.3) is 5.91 Å². The van der Waals surface area contributed by atoms with E-state index in [0.29, 0.717) is 25.9 Å². The van der Waals surface area contributed by atoms with Crippen LogP contribution in [-0.2, 0) is 4.79 Å². The maximum Gasteiger partial charge on any atom is 0.255 e. The van der Waals surface area contributed by atoms with Gasteiger partial charge in [0.15, 0.2) is 0 Å². The Morgan fingerprint density at radius 3 is 2.75 bits per heavy atom. The van der Waals surface area contributed by atoms with Crippen LogP contribution in [0.2, 0.25) is 0 Å². The first-order valence-electron chi connectivity index (χ1n) is 4.99. The van der Waals surface area contributed by atoms with Crippen molar-refractivity contribution >= 4 is 12.3 Å². The molecule has 0 fully saturated rings. The highest BCUT2D eigenvalue weighted by atomic mass is 16.3. The predicted octanol–water partition coefficient (Wildman–Crippen LogP) is 0.258. The molecule has 0 unspecified atom stereocenters. The van der Waals surface area contributed by atoms with E-state index in [1.54, 1.807) is 18.2 Å². The van der Waals surface area contributed by atoms with Gasteiger partial charge in [-0.15, -0.1) is 0 Å². The summed E-state index contributed by atoms with van der Waals surface area (Å²) in [4.78, 5) is 21.5. The second kappa shape index (κ2) is 6.44. The van der Waals surface area contributed by atoms with Gasteiger partial charge in [-0.3, -0.25) is 9.59 Å². The van der Waals surface area contributed by atoms with Crippen LogP contribution >= 0.6 is 0 Å². The van der Waals surface area contributed by atoms with Crippen molar-refractivity contribution in [3.63, 3.8) is 0 Å². The molecule has 16 heavy (non-hydrogen) atoms. The van der Waals surface area contributed by atoms with Crippen LogP contribution in [-0.4, -0.2) is 30.5 Å². The average molecular weight is 222 g/mol. The lowest BCUT2D eigenvalue weighted by Gasteiger charge is -2.06. The standard InChI is InChI=1S/C11H14N2O3/c14-8-12-6-3-7-13-11(16)9-4-1-2-5-10(9)15/h1-2,4-5,8,15H,3,6-7H2,(H,12,14)(H,13,16). The molecule has 0 saturated carbocycles. The van der Waals surface area contributed by atoms with Crippen molar-refractivity contribution in [3.8, 4) is 5.75 Å². The molecule has 1 rings (SSSR count). The summed E-state index contributed by atoms with van der Waals surface area (Å²) in [5.74, 6) is -0.352. The van der Waals surface area contributed by atoms with E-state index in [1.807, 2.05) is 0 Å². The van der Waals surface area contributed by atoms with E-state index in [4.69, 9.17) is 0 Å². The second-order valence-corrected chi connectivity index (χ2v) is 3.20. The maximum absolute atomic E-state index is 11.5. The third-order valence-electron chi connectivity index (χ3n) is 2.02. The topological polar surface area (TPSA) is 78.4 Å². The van der Waals surface area contributed by atoms with E-state index in [1.165, 1.54) is 6.07 Å². The van der Waals surface area contributed by atoms with Crippen LogP contribution in [0.1, 0.15) is 16.8 Å². The number of nitrogens with one attached hydrogen (secondary N) is 2. The predicted molar refractivity (Wildman–Crippen MR) is 59.1 cm³/mol. The van der Waals surface area contributed by atoms with Crippen molar-refractivity contribution in [1.82, 2.24) is 10.6 Å². The first-order chi connectivity index (χ1) is 7.75. The summed E-state index contributed by atoms with van der Waals surface area (Å²) in [6.45, 7) is 0.971. The fourth-order valence-corrected chi connectivity index (χ4v) is 1.21. The molecule has 5 nitrogen and oxygen atoms in total. The minimum Gasteiger partial charge on any atom is -0.507 e. The molecule has 3 N–H and O–H groups in total. The average Bonchev–Trinajstić information content (AvgIpc) is 2.29. The summed E-state index contributed by atoms with van der Waals surface area (Å²) in [6.07, 6.45) is 1.27. The number of aromatic hydroxyl groups is 1. The molecule has 0 radical (unpaired) electrons. The number of carbonyl (C=O) groups is 2. The van der Waals surface area contributed by atoms with Crippen molar-refractivity contribution < 1.29 is 14.7 Å². The first-order valence-corrected chi connectivity index (χ1v) is 4.99. The molecule has 1 aromatic carbocycles. The number of benzene rings is 1. The number of carbonyl (C=O) groups excluding carboxylic acids is 2. The Bertz CT molecular complexity index is 366. The van der Waals surface area contributed by atoms with Gasteiger partial charge in [-0.05, 0) is 18.6 Å². The summed E-state index contributed by atoms with van der Waals surface area (Å²) < 4.78 is 0. The second-order valence-electron chi connectivity index (χ2n) is 3.20. The molecular formula is C11H14N2O3. The monoisotopic (exact) mass is 222 g/mol. The van der Waals surface area contributed by atoms with Gasteiger partial charge < -0.3 is 15.7 Å². The molecule has 0 aliphatic carbocycles. The van der Waals surface area contributed by atoms with Gasteiger partial charge in [-0.1, -0.05) is 12.1 Å². The van der Waals surface area contributed by atoms with Gasteiger partial charge >= 0.3 is 0 Å². The van der Waals surface area contributed by atoms with Crippen molar-refractivity contribution in [2.24, 2.45) is 0 Å². The van der Waals surface area contributed by atoms with Gasteiger partial charge in [0.05, 0.1) is 5.56 Å². The smallest absolute Gasteiger partial charge is 0.255 e. The number of rotatable bonds is 6. The lowest BCUT2D eigenvalue weighted by molar-refractivity contribution is -0.109. The lowest BCUT2D eigenvalue weighted by atomic mass is 10.2. The highest BCUT2D eigenvalue weighted by molar-refractivity contribution is 5.96. The van der Waals surface area contributed by atoms with Crippen LogP contribution in [0.5, 0.6) is 5.75 Å². The maximum atomic E-state index is 11.5. The minimum absolute atomic E-state index is 0.0361. The molecule has 86 valence electrons. The molecule has 0 aliphatic heterocycles. The SMILES string of the molecule is O=CNCCCNC(=O)c1ccccc1O.